The van der Waals surface area contributed by atoms with Crippen molar-refractivity contribution in [3.8, 4) is 6.07 Å². The van der Waals surface area contributed by atoms with Gasteiger partial charge in [0, 0.05) is 5.69 Å². The Kier molecular flexibility index (Phi) is 3.63. The van der Waals surface area contributed by atoms with E-state index in [9.17, 15) is 4.79 Å². The lowest BCUT2D eigenvalue weighted by Gasteiger charge is -2.31. The fourth-order valence-electron chi connectivity index (χ4n) is 2.29. The van der Waals surface area contributed by atoms with Gasteiger partial charge in [0.25, 0.3) is 0 Å². The van der Waals surface area contributed by atoms with E-state index in [1.165, 1.54) is 0 Å². The van der Waals surface area contributed by atoms with E-state index in [-0.39, 0.29) is 5.91 Å². The summed E-state index contributed by atoms with van der Waals surface area (Å²) in [6.45, 7) is 0. The average Bonchev–Trinajstić information content (AvgIpc) is 2.40. The Morgan fingerprint density at radius 1 is 1.22 bits per heavy atom. The standard InChI is InChI=1S/C14H17N3O/c15-10-11-4-6-12(7-5-11)17-13(18)14(16)8-2-1-3-9-14/h4-7H,1-3,8-9,16H2,(H,17,18). The largest absolute Gasteiger partial charge is 0.324 e. The van der Waals surface area contributed by atoms with Gasteiger partial charge < -0.3 is 11.1 Å². The van der Waals surface area contributed by atoms with Crippen molar-refractivity contribution < 1.29 is 4.79 Å². The molecule has 1 fully saturated rings. The lowest BCUT2D eigenvalue weighted by molar-refractivity contribution is -0.122. The molecule has 0 heterocycles. The number of anilines is 1. The minimum absolute atomic E-state index is 0.119. The molecule has 1 aromatic rings. The summed E-state index contributed by atoms with van der Waals surface area (Å²) in [6.07, 6.45) is 4.67. The van der Waals surface area contributed by atoms with Gasteiger partial charge in [0.05, 0.1) is 17.2 Å². The maximum atomic E-state index is 12.1. The number of benzene rings is 1. The van der Waals surface area contributed by atoms with Crippen LogP contribution in [0.5, 0.6) is 0 Å². The van der Waals surface area contributed by atoms with Crippen LogP contribution in [-0.2, 0) is 4.79 Å². The monoisotopic (exact) mass is 243 g/mol. The summed E-state index contributed by atoms with van der Waals surface area (Å²) in [5, 5.41) is 11.5. The number of nitrogens with zero attached hydrogens (tertiary/aromatic N) is 1. The van der Waals surface area contributed by atoms with Crippen molar-refractivity contribution in [2.75, 3.05) is 5.32 Å². The Balaban J connectivity index is 2.04. The molecule has 0 aromatic heterocycles. The molecule has 0 aliphatic heterocycles. The van der Waals surface area contributed by atoms with Gasteiger partial charge >= 0.3 is 0 Å². The van der Waals surface area contributed by atoms with Crippen LogP contribution in [0.1, 0.15) is 37.7 Å². The lowest BCUT2D eigenvalue weighted by Crippen LogP contribution is -2.52. The Bertz CT molecular complexity index is 467. The molecule has 0 radical (unpaired) electrons. The molecule has 2 rings (SSSR count). The molecule has 1 aromatic carbocycles. The Morgan fingerprint density at radius 2 is 1.83 bits per heavy atom. The summed E-state index contributed by atoms with van der Waals surface area (Å²) in [5.41, 5.74) is 6.68. The highest BCUT2D eigenvalue weighted by Crippen LogP contribution is 2.27. The third-order valence-corrected chi connectivity index (χ3v) is 3.47. The first-order valence-electron chi connectivity index (χ1n) is 6.24. The smallest absolute Gasteiger partial charge is 0.244 e. The van der Waals surface area contributed by atoms with Crippen LogP contribution in [-0.4, -0.2) is 11.4 Å². The molecule has 4 heteroatoms. The number of amides is 1. The van der Waals surface area contributed by atoms with E-state index in [1.807, 2.05) is 6.07 Å². The molecule has 0 unspecified atom stereocenters. The summed E-state index contributed by atoms with van der Waals surface area (Å²) in [5.74, 6) is -0.119. The number of nitriles is 1. The number of nitrogens with two attached hydrogens (primary N) is 1. The fourth-order valence-corrected chi connectivity index (χ4v) is 2.29. The number of rotatable bonds is 2. The SMILES string of the molecule is N#Cc1ccc(NC(=O)C2(N)CCCCC2)cc1. The maximum Gasteiger partial charge on any atom is 0.244 e. The van der Waals surface area contributed by atoms with Gasteiger partial charge in [0.2, 0.25) is 5.91 Å². The Morgan fingerprint density at radius 3 is 2.39 bits per heavy atom. The van der Waals surface area contributed by atoms with Crippen LogP contribution in [0.2, 0.25) is 0 Å². The van der Waals surface area contributed by atoms with Crippen molar-refractivity contribution in [3.05, 3.63) is 29.8 Å². The van der Waals surface area contributed by atoms with Crippen LogP contribution in [0, 0.1) is 11.3 Å². The van der Waals surface area contributed by atoms with Crippen LogP contribution < -0.4 is 11.1 Å². The Hall–Kier alpha value is -1.86. The molecule has 3 N–H and O–H groups in total. The van der Waals surface area contributed by atoms with E-state index >= 15 is 0 Å². The van der Waals surface area contributed by atoms with E-state index in [0.717, 1.165) is 32.1 Å². The van der Waals surface area contributed by atoms with Gasteiger partial charge in [0.1, 0.15) is 0 Å². The molecule has 0 spiro atoms. The topological polar surface area (TPSA) is 78.9 Å². The molecule has 0 bridgehead atoms. The molecular weight excluding hydrogens is 226 g/mol. The van der Waals surface area contributed by atoms with Crippen molar-refractivity contribution >= 4 is 11.6 Å². The van der Waals surface area contributed by atoms with Crippen LogP contribution in [0.15, 0.2) is 24.3 Å². The van der Waals surface area contributed by atoms with E-state index in [2.05, 4.69) is 5.32 Å². The highest BCUT2D eigenvalue weighted by molar-refractivity contribution is 5.98. The fraction of sp³-hybridized carbons (Fsp3) is 0.429. The first-order valence-corrected chi connectivity index (χ1v) is 6.24. The molecule has 4 nitrogen and oxygen atoms in total. The maximum absolute atomic E-state index is 12.1. The van der Waals surface area contributed by atoms with Gasteiger partial charge in [-0.15, -0.1) is 0 Å². The van der Waals surface area contributed by atoms with Crippen molar-refractivity contribution in [2.24, 2.45) is 5.73 Å². The lowest BCUT2D eigenvalue weighted by atomic mass is 9.82. The van der Waals surface area contributed by atoms with Crippen LogP contribution >= 0.6 is 0 Å². The third kappa shape index (κ3) is 2.69. The molecule has 1 saturated carbocycles. The summed E-state index contributed by atoms with van der Waals surface area (Å²) in [4.78, 5) is 12.1. The van der Waals surface area contributed by atoms with Gasteiger partial charge in [-0.2, -0.15) is 5.26 Å². The molecule has 0 saturated heterocycles. The predicted octanol–water partition coefficient (Wildman–Crippen LogP) is 2.16. The minimum Gasteiger partial charge on any atom is -0.324 e. The van der Waals surface area contributed by atoms with E-state index in [0.29, 0.717) is 11.3 Å². The number of carbonyl (C=O) groups is 1. The molecular formula is C14H17N3O. The highest BCUT2D eigenvalue weighted by Gasteiger charge is 2.35. The normalized spacial score (nSPS) is 17.8. The van der Waals surface area contributed by atoms with Gasteiger partial charge in [0.15, 0.2) is 0 Å². The molecule has 94 valence electrons. The number of hydrogen-bond donors (Lipinski definition) is 2. The average molecular weight is 243 g/mol. The molecule has 1 amide bonds. The van der Waals surface area contributed by atoms with E-state index in [4.69, 9.17) is 11.0 Å². The summed E-state index contributed by atoms with van der Waals surface area (Å²) < 4.78 is 0. The highest BCUT2D eigenvalue weighted by atomic mass is 16.2. The van der Waals surface area contributed by atoms with Crippen LogP contribution in [0.3, 0.4) is 0 Å². The zero-order valence-corrected chi connectivity index (χ0v) is 10.3. The van der Waals surface area contributed by atoms with Crippen molar-refractivity contribution in [1.82, 2.24) is 0 Å². The zero-order chi connectivity index (χ0) is 13.0. The molecule has 0 atom stereocenters. The number of hydrogen-bond acceptors (Lipinski definition) is 3. The summed E-state index contributed by atoms with van der Waals surface area (Å²) in [6, 6.07) is 8.85. The third-order valence-electron chi connectivity index (χ3n) is 3.47. The Labute approximate surface area is 107 Å². The zero-order valence-electron chi connectivity index (χ0n) is 10.3. The van der Waals surface area contributed by atoms with Gasteiger partial charge in [-0.3, -0.25) is 4.79 Å². The van der Waals surface area contributed by atoms with E-state index in [1.54, 1.807) is 24.3 Å². The van der Waals surface area contributed by atoms with Crippen molar-refractivity contribution in [1.29, 1.82) is 5.26 Å². The second-order valence-electron chi connectivity index (χ2n) is 4.86. The van der Waals surface area contributed by atoms with Crippen LogP contribution in [0.4, 0.5) is 5.69 Å². The van der Waals surface area contributed by atoms with Crippen LogP contribution in [0.25, 0.3) is 0 Å². The van der Waals surface area contributed by atoms with E-state index < -0.39 is 5.54 Å². The van der Waals surface area contributed by atoms with Gasteiger partial charge in [-0.25, -0.2) is 0 Å². The predicted molar refractivity (Wildman–Crippen MR) is 69.8 cm³/mol. The molecule has 1 aliphatic carbocycles. The summed E-state index contributed by atoms with van der Waals surface area (Å²) in [7, 11) is 0. The number of carbonyl (C=O) groups excluding carboxylic acids is 1. The first kappa shape index (κ1) is 12.6. The van der Waals surface area contributed by atoms with Crippen molar-refractivity contribution in [2.45, 2.75) is 37.6 Å². The minimum atomic E-state index is -0.730. The second-order valence-corrected chi connectivity index (χ2v) is 4.86. The van der Waals surface area contributed by atoms with Gasteiger partial charge in [-0.1, -0.05) is 19.3 Å². The van der Waals surface area contributed by atoms with Gasteiger partial charge in [-0.05, 0) is 37.1 Å². The summed E-state index contributed by atoms with van der Waals surface area (Å²) >= 11 is 0. The molecule has 18 heavy (non-hydrogen) atoms. The molecule has 1 aliphatic rings. The van der Waals surface area contributed by atoms with Crippen molar-refractivity contribution in [3.63, 3.8) is 0 Å². The second kappa shape index (κ2) is 5.19. The quantitative estimate of drug-likeness (QED) is 0.835. The number of nitrogens with one attached hydrogen (secondary N) is 1. The first-order chi connectivity index (χ1) is 8.64.